The van der Waals surface area contributed by atoms with Crippen molar-refractivity contribution in [3.05, 3.63) is 11.9 Å². The smallest absolute Gasteiger partial charge is 0.223 e. The number of nitrogens with one attached hydrogen (secondary N) is 1. The molecule has 2 rings (SSSR count). The molecule has 1 aliphatic heterocycles. The van der Waals surface area contributed by atoms with E-state index in [4.69, 9.17) is 16.8 Å². The molecule has 8 heteroatoms. The van der Waals surface area contributed by atoms with Crippen molar-refractivity contribution in [1.82, 2.24) is 15.2 Å². The molecule has 0 bridgehead atoms. The summed E-state index contributed by atoms with van der Waals surface area (Å²) < 4.78 is 0. The number of hydrazine groups is 1. The van der Waals surface area contributed by atoms with E-state index in [1.807, 2.05) is 0 Å². The van der Waals surface area contributed by atoms with Gasteiger partial charge < -0.3 is 16.0 Å². The zero-order chi connectivity index (χ0) is 17.0. The first-order valence-electron chi connectivity index (χ1n) is 7.82. The normalized spacial score (nSPS) is 20.6. The Morgan fingerprint density at radius 1 is 1.43 bits per heavy atom. The first-order valence-corrected chi connectivity index (χ1v) is 7.82. The van der Waals surface area contributed by atoms with Gasteiger partial charge in [-0.15, -0.1) is 0 Å². The summed E-state index contributed by atoms with van der Waals surface area (Å²) in [7, 11) is 0. The second-order valence-electron chi connectivity index (χ2n) is 6.25. The number of nitriles is 1. The van der Waals surface area contributed by atoms with Crippen LogP contribution in [0.4, 0.5) is 0 Å². The molecule has 2 amide bonds. The fourth-order valence-corrected chi connectivity index (χ4v) is 2.68. The summed E-state index contributed by atoms with van der Waals surface area (Å²) in [4.78, 5) is 25.2. The summed E-state index contributed by atoms with van der Waals surface area (Å²) >= 11 is 0. The molecule has 2 aliphatic rings. The molecule has 2 fully saturated rings. The van der Waals surface area contributed by atoms with Crippen LogP contribution < -0.4 is 16.9 Å². The number of nitrogens with two attached hydrogens (primary N) is 2. The van der Waals surface area contributed by atoms with E-state index >= 15 is 0 Å². The maximum absolute atomic E-state index is 12.1. The Morgan fingerprint density at radius 2 is 2.04 bits per heavy atom. The van der Waals surface area contributed by atoms with Crippen molar-refractivity contribution in [2.24, 2.45) is 17.5 Å². The number of hydrogen-bond acceptors (Lipinski definition) is 6. The Bertz CT molecular complexity index is 541. The van der Waals surface area contributed by atoms with Crippen LogP contribution in [0.15, 0.2) is 11.9 Å². The van der Waals surface area contributed by atoms with Gasteiger partial charge >= 0.3 is 0 Å². The molecule has 0 aromatic rings. The van der Waals surface area contributed by atoms with Crippen LogP contribution in [0.5, 0.6) is 0 Å². The molecule has 1 heterocycles. The fraction of sp³-hybridized carbons (Fsp3) is 0.667. The quantitative estimate of drug-likeness (QED) is 0.458. The van der Waals surface area contributed by atoms with Gasteiger partial charge in [-0.3, -0.25) is 14.6 Å². The number of likely N-dealkylation sites (tertiary alicyclic amines) is 1. The summed E-state index contributed by atoms with van der Waals surface area (Å²) in [6.07, 6.45) is 4.29. The first kappa shape index (κ1) is 17.1. The molecule has 0 unspecified atom stereocenters. The number of hydrogen-bond donors (Lipinski definition) is 3. The number of rotatable bonds is 5. The van der Waals surface area contributed by atoms with Gasteiger partial charge in [0.15, 0.2) is 0 Å². The van der Waals surface area contributed by atoms with Crippen molar-refractivity contribution in [3.63, 3.8) is 0 Å². The van der Waals surface area contributed by atoms with Gasteiger partial charge in [0.25, 0.3) is 0 Å². The number of piperidine rings is 1. The van der Waals surface area contributed by atoms with Crippen LogP contribution in [0.2, 0.25) is 0 Å². The topological polar surface area (TPSA) is 128 Å². The predicted molar refractivity (Wildman–Crippen MR) is 83.9 cm³/mol. The SMILES string of the molecule is CC(=O)N1CCC(C(=O)NC/C(N)=C/N(N)C2(C#N)CC2)CC1. The van der Waals surface area contributed by atoms with E-state index in [0.29, 0.717) is 31.6 Å². The predicted octanol–water partition coefficient (Wildman–Crippen LogP) is -0.607. The molecule has 5 N–H and O–H groups in total. The third-order valence-electron chi connectivity index (χ3n) is 4.51. The highest BCUT2D eigenvalue weighted by Crippen LogP contribution is 2.39. The van der Waals surface area contributed by atoms with Gasteiger partial charge in [-0.1, -0.05) is 0 Å². The zero-order valence-corrected chi connectivity index (χ0v) is 13.4. The molecule has 0 spiro atoms. The average molecular weight is 320 g/mol. The lowest BCUT2D eigenvalue weighted by Gasteiger charge is -2.30. The summed E-state index contributed by atoms with van der Waals surface area (Å²) in [5.74, 6) is 5.71. The zero-order valence-electron chi connectivity index (χ0n) is 13.4. The van der Waals surface area contributed by atoms with Gasteiger partial charge in [0.1, 0.15) is 5.54 Å². The van der Waals surface area contributed by atoms with Crippen molar-refractivity contribution >= 4 is 11.8 Å². The number of nitrogens with zero attached hydrogens (tertiary/aromatic N) is 3. The standard InChI is InChI=1S/C15H24N6O2/c1-11(22)20-6-2-12(3-7-20)14(23)19-8-13(17)9-21(18)15(10-16)4-5-15/h9,12H,2-8,17-18H2,1H3,(H,19,23)/b13-9-. The molecule has 23 heavy (non-hydrogen) atoms. The molecule has 1 saturated carbocycles. The summed E-state index contributed by atoms with van der Waals surface area (Å²) in [5, 5.41) is 13.2. The molecule has 1 aliphatic carbocycles. The molecule has 1 saturated heterocycles. The number of amides is 2. The molecule has 8 nitrogen and oxygen atoms in total. The molecule has 0 aromatic heterocycles. The van der Waals surface area contributed by atoms with E-state index in [1.165, 1.54) is 11.2 Å². The van der Waals surface area contributed by atoms with E-state index in [2.05, 4.69) is 11.4 Å². The third-order valence-corrected chi connectivity index (χ3v) is 4.51. The van der Waals surface area contributed by atoms with Gasteiger partial charge in [-0.05, 0) is 25.7 Å². The van der Waals surface area contributed by atoms with Crippen molar-refractivity contribution in [3.8, 4) is 6.07 Å². The summed E-state index contributed by atoms with van der Waals surface area (Å²) in [5.41, 5.74) is 5.63. The van der Waals surface area contributed by atoms with Crippen molar-refractivity contribution in [2.45, 2.75) is 38.1 Å². The lowest BCUT2D eigenvalue weighted by atomic mass is 9.96. The van der Waals surface area contributed by atoms with Gasteiger partial charge in [-0.25, -0.2) is 5.84 Å². The van der Waals surface area contributed by atoms with Gasteiger partial charge in [0, 0.05) is 37.8 Å². The lowest BCUT2D eigenvalue weighted by Crippen LogP contribution is -2.43. The molecule has 0 radical (unpaired) electrons. The molecule has 0 atom stereocenters. The number of carbonyl (C=O) groups is 2. The minimum absolute atomic E-state index is 0.0468. The Hall–Kier alpha value is -2.27. The van der Waals surface area contributed by atoms with Crippen LogP contribution in [0.25, 0.3) is 0 Å². The van der Waals surface area contributed by atoms with E-state index in [1.54, 1.807) is 11.8 Å². The highest BCUT2D eigenvalue weighted by atomic mass is 16.2. The molecule has 0 aromatic carbocycles. The fourth-order valence-electron chi connectivity index (χ4n) is 2.68. The van der Waals surface area contributed by atoms with E-state index < -0.39 is 5.54 Å². The van der Waals surface area contributed by atoms with Gasteiger partial charge in [0.05, 0.1) is 12.6 Å². The van der Waals surface area contributed by atoms with Gasteiger partial charge in [-0.2, -0.15) is 5.26 Å². The monoisotopic (exact) mass is 320 g/mol. The molecular formula is C15H24N6O2. The van der Waals surface area contributed by atoms with Crippen LogP contribution in [0.3, 0.4) is 0 Å². The Morgan fingerprint density at radius 3 is 2.52 bits per heavy atom. The Balaban J connectivity index is 1.76. The Labute approximate surface area is 136 Å². The third kappa shape index (κ3) is 4.13. The Kier molecular flexibility index (Phi) is 5.11. The summed E-state index contributed by atoms with van der Waals surface area (Å²) in [6.45, 7) is 2.96. The maximum atomic E-state index is 12.1. The first-order chi connectivity index (χ1) is 10.9. The highest BCUT2D eigenvalue weighted by Gasteiger charge is 2.47. The van der Waals surface area contributed by atoms with Crippen LogP contribution in [0, 0.1) is 17.2 Å². The maximum Gasteiger partial charge on any atom is 0.223 e. The van der Waals surface area contributed by atoms with Crippen LogP contribution >= 0.6 is 0 Å². The number of carbonyl (C=O) groups excluding carboxylic acids is 2. The largest absolute Gasteiger partial charge is 0.399 e. The van der Waals surface area contributed by atoms with E-state index in [9.17, 15) is 9.59 Å². The van der Waals surface area contributed by atoms with Crippen LogP contribution in [-0.2, 0) is 9.59 Å². The van der Waals surface area contributed by atoms with Gasteiger partial charge in [0.2, 0.25) is 11.8 Å². The van der Waals surface area contributed by atoms with E-state index in [0.717, 1.165) is 12.8 Å². The van der Waals surface area contributed by atoms with Crippen molar-refractivity contribution in [2.75, 3.05) is 19.6 Å². The van der Waals surface area contributed by atoms with E-state index in [-0.39, 0.29) is 24.3 Å². The minimum atomic E-state index is -0.631. The second-order valence-corrected chi connectivity index (χ2v) is 6.25. The lowest BCUT2D eigenvalue weighted by molar-refractivity contribution is -0.133. The van der Waals surface area contributed by atoms with Crippen LogP contribution in [0.1, 0.15) is 32.6 Å². The van der Waals surface area contributed by atoms with Crippen molar-refractivity contribution in [1.29, 1.82) is 5.26 Å². The minimum Gasteiger partial charge on any atom is -0.399 e. The summed E-state index contributed by atoms with van der Waals surface area (Å²) in [6, 6.07) is 2.17. The second kappa shape index (κ2) is 6.87. The van der Waals surface area contributed by atoms with Crippen molar-refractivity contribution < 1.29 is 9.59 Å². The molecular weight excluding hydrogens is 296 g/mol. The average Bonchev–Trinajstić information content (AvgIpc) is 3.34. The highest BCUT2D eigenvalue weighted by molar-refractivity contribution is 5.79. The van der Waals surface area contributed by atoms with Crippen LogP contribution in [-0.4, -0.2) is 46.9 Å². The molecule has 126 valence electrons.